The van der Waals surface area contributed by atoms with Gasteiger partial charge in [-0.15, -0.1) is 0 Å². The number of aromatic nitrogens is 3. The predicted octanol–water partition coefficient (Wildman–Crippen LogP) is 3.04. The molecule has 2 N–H and O–H groups in total. The minimum atomic E-state index is -0.264. The van der Waals surface area contributed by atoms with Crippen molar-refractivity contribution in [3.8, 4) is 17.3 Å². The van der Waals surface area contributed by atoms with E-state index in [1.165, 1.54) is 7.11 Å². The lowest BCUT2D eigenvalue weighted by Gasteiger charge is -2.09. The normalized spacial score (nSPS) is 10.3. The molecule has 6 nitrogen and oxygen atoms in total. The molecule has 0 unspecified atom stereocenters. The summed E-state index contributed by atoms with van der Waals surface area (Å²) in [5.74, 6) is 0.835. The van der Waals surface area contributed by atoms with Gasteiger partial charge < -0.3 is 15.0 Å². The number of aryl methyl sites for hydroxylation is 1. The summed E-state index contributed by atoms with van der Waals surface area (Å²) in [7, 11) is 1.50. The Hall–Kier alpha value is -3.15. The SMILES string of the molecule is COc1nc(C)ccc1C(=O)Nc1ccc(-c2ncc[nH]2)cc1. The highest BCUT2D eigenvalue weighted by atomic mass is 16.5. The molecule has 0 aliphatic heterocycles. The van der Waals surface area contributed by atoms with E-state index in [0.29, 0.717) is 17.1 Å². The van der Waals surface area contributed by atoms with Crippen LogP contribution in [0.5, 0.6) is 5.88 Å². The van der Waals surface area contributed by atoms with Gasteiger partial charge in [-0.2, -0.15) is 0 Å². The maximum Gasteiger partial charge on any atom is 0.261 e. The Labute approximate surface area is 133 Å². The summed E-state index contributed by atoms with van der Waals surface area (Å²) in [5, 5.41) is 2.84. The maximum atomic E-state index is 12.4. The van der Waals surface area contributed by atoms with Gasteiger partial charge >= 0.3 is 0 Å². The standard InChI is InChI=1S/C17H16N4O2/c1-11-3-8-14(17(20-11)23-2)16(22)21-13-6-4-12(5-7-13)15-18-9-10-19-15/h3-10H,1-2H3,(H,18,19)(H,21,22). The highest BCUT2D eigenvalue weighted by Gasteiger charge is 2.14. The van der Waals surface area contributed by atoms with Crippen LogP contribution in [0.25, 0.3) is 11.4 Å². The van der Waals surface area contributed by atoms with E-state index in [1.807, 2.05) is 31.2 Å². The molecule has 0 fully saturated rings. The Morgan fingerprint density at radius 1 is 1.17 bits per heavy atom. The number of hydrogen-bond donors (Lipinski definition) is 2. The second kappa shape index (κ2) is 6.31. The van der Waals surface area contributed by atoms with Crippen LogP contribution in [0, 0.1) is 6.92 Å². The molecular formula is C17H16N4O2. The lowest BCUT2D eigenvalue weighted by Crippen LogP contribution is -2.14. The molecule has 0 aliphatic rings. The summed E-state index contributed by atoms with van der Waals surface area (Å²) in [6.45, 7) is 1.84. The molecular weight excluding hydrogens is 292 g/mol. The summed E-state index contributed by atoms with van der Waals surface area (Å²) in [5.41, 5.74) is 2.82. The van der Waals surface area contributed by atoms with Crippen LogP contribution < -0.4 is 10.1 Å². The van der Waals surface area contributed by atoms with Crippen molar-refractivity contribution in [2.45, 2.75) is 6.92 Å². The summed E-state index contributed by atoms with van der Waals surface area (Å²) >= 11 is 0. The number of hydrogen-bond acceptors (Lipinski definition) is 4. The third kappa shape index (κ3) is 3.21. The average molecular weight is 308 g/mol. The molecule has 0 radical (unpaired) electrons. The molecule has 0 saturated heterocycles. The third-order valence-corrected chi connectivity index (χ3v) is 3.35. The quantitative estimate of drug-likeness (QED) is 0.776. The maximum absolute atomic E-state index is 12.4. The highest BCUT2D eigenvalue weighted by molar-refractivity contribution is 6.05. The van der Waals surface area contributed by atoms with Crippen molar-refractivity contribution in [2.75, 3.05) is 12.4 Å². The molecule has 116 valence electrons. The van der Waals surface area contributed by atoms with Crippen LogP contribution in [-0.2, 0) is 0 Å². The number of nitrogens with one attached hydrogen (secondary N) is 2. The number of imidazole rings is 1. The Kier molecular flexibility index (Phi) is 4.05. The van der Waals surface area contributed by atoms with Gasteiger partial charge in [-0.05, 0) is 43.3 Å². The molecule has 0 saturated carbocycles. The lowest BCUT2D eigenvalue weighted by atomic mass is 10.2. The van der Waals surface area contributed by atoms with Crippen molar-refractivity contribution in [3.05, 3.63) is 60.0 Å². The monoisotopic (exact) mass is 308 g/mol. The fourth-order valence-corrected chi connectivity index (χ4v) is 2.19. The third-order valence-electron chi connectivity index (χ3n) is 3.35. The van der Waals surface area contributed by atoms with Crippen molar-refractivity contribution < 1.29 is 9.53 Å². The van der Waals surface area contributed by atoms with Crippen molar-refractivity contribution in [2.24, 2.45) is 0 Å². The predicted molar refractivity (Wildman–Crippen MR) is 87.5 cm³/mol. The van der Waals surface area contributed by atoms with E-state index in [0.717, 1.165) is 17.1 Å². The van der Waals surface area contributed by atoms with Crippen molar-refractivity contribution >= 4 is 11.6 Å². The van der Waals surface area contributed by atoms with Gasteiger partial charge in [0.05, 0.1) is 7.11 Å². The van der Waals surface area contributed by atoms with Gasteiger partial charge in [0.25, 0.3) is 5.91 Å². The molecule has 1 aromatic carbocycles. The Morgan fingerprint density at radius 2 is 1.96 bits per heavy atom. The molecule has 2 aromatic heterocycles. The van der Waals surface area contributed by atoms with E-state index in [-0.39, 0.29) is 5.91 Å². The van der Waals surface area contributed by atoms with E-state index >= 15 is 0 Å². The van der Waals surface area contributed by atoms with Crippen LogP contribution in [0.15, 0.2) is 48.8 Å². The van der Waals surface area contributed by atoms with Gasteiger partial charge in [-0.1, -0.05) is 0 Å². The summed E-state index contributed by atoms with van der Waals surface area (Å²) in [4.78, 5) is 23.8. The van der Waals surface area contributed by atoms with Gasteiger partial charge in [0, 0.05) is 29.3 Å². The van der Waals surface area contributed by atoms with Crippen LogP contribution in [0.4, 0.5) is 5.69 Å². The number of ether oxygens (including phenoxy) is 1. The van der Waals surface area contributed by atoms with E-state index < -0.39 is 0 Å². The van der Waals surface area contributed by atoms with Gasteiger partial charge in [0.1, 0.15) is 11.4 Å². The van der Waals surface area contributed by atoms with Crippen LogP contribution >= 0.6 is 0 Å². The topological polar surface area (TPSA) is 79.9 Å². The van der Waals surface area contributed by atoms with Gasteiger partial charge in [0.2, 0.25) is 5.88 Å². The molecule has 3 rings (SSSR count). The number of nitrogens with zero attached hydrogens (tertiary/aromatic N) is 2. The van der Waals surface area contributed by atoms with Crippen molar-refractivity contribution in [1.82, 2.24) is 15.0 Å². The number of carbonyl (C=O) groups is 1. The number of carbonyl (C=O) groups excluding carboxylic acids is 1. The van der Waals surface area contributed by atoms with E-state index in [4.69, 9.17) is 4.74 Å². The van der Waals surface area contributed by atoms with E-state index in [2.05, 4.69) is 20.3 Å². The molecule has 0 spiro atoms. The van der Waals surface area contributed by atoms with Gasteiger partial charge in [0.15, 0.2) is 0 Å². The minimum absolute atomic E-state index is 0.264. The molecule has 2 heterocycles. The number of methoxy groups -OCH3 is 1. The summed E-state index contributed by atoms with van der Waals surface area (Å²) in [6.07, 6.45) is 3.46. The molecule has 23 heavy (non-hydrogen) atoms. The molecule has 3 aromatic rings. The molecule has 0 aliphatic carbocycles. The number of pyridine rings is 1. The zero-order valence-corrected chi connectivity index (χ0v) is 12.8. The zero-order valence-electron chi connectivity index (χ0n) is 12.8. The number of aromatic amines is 1. The van der Waals surface area contributed by atoms with Crippen LogP contribution in [0.1, 0.15) is 16.1 Å². The van der Waals surface area contributed by atoms with Crippen LogP contribution in [0.3, 0.4) is 0 Å². The number of amides is 1. The fraction of sp³-hybridized carbons (Fsp3) is 0.118. The Bertz CT molecular complexity index is 811. The number of H-pyrrole nitrogens is 1. The smallest absolute Gasteiger partial charge is 0.261 e. The highest BCUT2D eigenvalue weighted by Crippen LogP contribution is 2.20. The number of benzene rings is 1. The summed E-state index contributed by atoms with van der Waals surface area (Å²) < 4.78 is 5.17. The average Bonchev–Trinajstić information content (AvgIpc) is 3.09. The minimum Gasteiger partial charge on any atom is -0.480 e. The largest absolute Gasteiger partial charge is 0.480 e. The van der Waals surface area contributed by atoms with E-state index in [1.54, 1.807) is 24.5 Å². The van der Waals surface area contributed by atoms with E-state index in [9.17, 15) is 4.79 Å². The first kappa shape index (κ1) is 14.8. The first-order valence-electron chi connectivity index (χ1n) is 7.10. The number of rotatable bonds is 4. The van der Waals surface area contributed by atoms with Crippen LogP contribution in [-0.4, -0.2) is 28.0 Å². The fourth-order valence-electron chi connectivity index (χ4n) is 2.19. The van der Waals surface area contributed by atoms with Gasteiger partial charge in [-0.25, -0.2) is 9.97 Å². The second-order valence-corrected chi connectivity index (χ2v) is 4.98. The van der Waals surface area contributed by atoms with Crippen molar-refractivity contribution in [3.63, 3.8) is 0 Å². The molecule has 0 atom stereocenters. The Morgan fingerprint density at radius 3 is 2.61 bits per heavy atom. The molecule has 0 bridgehead atoms. The molecule has 1 amide bonds. The van der Waals surface area contributed by atoms with Gasteiger partial charge in [-0.3, -0.25) is 4.79 Å². The first-order valence-corrected chi connectivity index (χ1v) is 7.10. The van der Waals surface area contributed by atoms with Crippen molar-refractivity contribution in [1.29, 1.82) is 0 Å². The first-order chi connectivity index (χ1) is 11.2. The number of anilines is 1. The van der Waals surface area contributed by atoms with Crippen LogP contribution in [0.2, 0.25) is 0 Å². The summed E-state index contributed by atoms with van der Waals surface area (Å²) in [6, 6.07) is 10.9. The molecule has 6 heteroatoms. The second-order valence-electron chi connectivity index (χ2n) is 4.98. The lowest BCUT2D eigenvalue weighted by molar-refractivity contribution is 0.102. The zero-order chi connectivity index (χ0) is 16.2. The Balaban J connectivity index is 1.78.